The van der Waals surface area contributed by atoms with E-state index in [1.54, 1.807) is 18.2 Å². The monoisotopic (exact) mass is 261 g/mol. The Morgan fingerprint density at radius 1 is 1.42 bits per heavy atom. The second-order valence-corrected chi connectivity index (χ2v) is 4.96. The van der Waals surface area contributed by atoms with E-state index in [2.05, 4.69) is 0 Å². The van der Waals surface area contributed by atoms with Gasteiger partial charge in [-0.2, -0.15) is 0 Å². The SMILES string of the molecule is CCC(=O)N1CCC[C@@H](c2cccc(C(=O)O)c2)C1. The minimum absolute atomic E-state index is 0.180. The summed E-state index contributed by atoms with van der Waals surface area (Å²) in [7, 11) is 0. The first-order valence-corrected chi connectivity index (χ1v) is 6.73. The van der Waals surface area contributed by atoms with Gasteiger partial charge in [-0.1, -0.05) is 19.1 Å². The lowest BCUT2D eigenvalue weighted by atomic mass is 9.89. The van der Waals surface area contributed by atoms with Gasteiger partial charge < -0.3 is 10.0 Å². The van der Waals surface area contributed by atoms with E-state index in [0.29, 0.717) is 18.5 Å². The molecule has 1 atom stereocenters. The number of nitrogens with zero attached hydrogens (tertiary/aromatic N) is 1. The lowest BCUT2D eigenvalue weighted by Gasteiger charge is -2.33. The molecule has 1 heterocycles. The molecule has 0 saturated carbocycles. The number of aromatic carboxylic acids is 1. The van der Waals surface area contributed by atoms with Crippen LogP contribution in [0.25, 0.3) is 0 Å². The summed E-state index contributed by atoms with van der Waals surface area (Å²) < 4.78 is 0. The van der Waals surface area contributed by atoms with Crippen LogP contribution in [0.3, 0.4) is 0 Å². The molecule has 1 aliphatic heterocycles. The molecule has 4 nitrogen and oxygen atoms in total. The quantitative estimate of drug-likeness (QED) is 0.909. The zero-order chi connectivity index (χ0) is 13.8. The molecule has 0 spiro atoms. The summed E-state index contributed by atoms with van der Waals surface area (Å²) in [5.41, 5.74) is 1.34. The van der Waals surface area contributed by atoms with Gasteiger partial charge in [-0.3, -0.25) is 4.79 Å². The van der Waals surface area contributed by atoms with Gasteiger partial charge in [-0.15, -0.1) is 0 Å². The van der Waals surface area contributed by atoms with Gasteiger partial charge in [0.2, 0.25) is 5.91 Å². The molecule has 1 N–H and O–H groups in total. The first-order valence-electron chi connectivity index (χ1n) is 6.73. The summed E-state index contributed by atoms with van der Waals surface area (Å²) in [6.45, 7) is 3.40. The maximum absolute atomic E-state index is 11.8. The number of likely N-dealkylation sites (tertiary alicyclic amines) is 1. The van der Waals surface area contributed by atoms with E-state index in [9.17, 15) is 9.59 Å². The smallest absolute Gasteiger partial charge is 0.335 e. The van der Waals surface area contributed by atoms with E-state index in [-0.39, 0.29) is 11.8 Å². The summed E-state index contributed by atoms with van der Waals surface area (Å²) in [5.74, 6) is -0.471. The number of hydrogen-bond donors (Lipinski definition) is 1. The van der Waals surface area contributed by atoms with Crippen molar-refractivity contribution in [2.45, 2.75) is 32.1 Å². The lowest BCUT2D eigenvalue weighted by Crippen LogP contribution is -2.38. The van der Waals surface area contributed by atoms with Gasteiger partial charge >= 0.3 is 5.97 Å². The molecule has 1 aromatic carbocycles. The number of hydrogen-bond acceptors (Lipinski definition) is 2. The fourth-order valence-electron chi connectivity index (χ4n) is 2.62. The Hall–Kier alpha value is -1.84. The van der Waals surface area contributed by atoms with Gasteiger partial charge in [0, 0.05) is 25.4 Å². The second-order valence-electron chi connectivity index (χ2n) is 4.96. The van der Waals surface area contributed by atoms with E-state index >= 15 is 0 Å². The van der Waals surface area contributed by atoms with E-state index < -0.39 is 5.97 Å². The summed E-state index contributed by atoms with van der Waals surface area (Å²) in [6, 6.07) is 7.06. The van der Waals surface area contributed by atoms with Crippen molar-refractivity contribution in [2.75, 3.05) is 13.1 Å². The summed E-state index contributed by atoms with van der Waals surface area (Å²) >= 11 is 0. The van der Waals surface area contributed by atoms with E-state index in [4.69, 9.17) is 5.11 Å². The highest BCUT2D eigenvalue weighted by molar-refractivity contribution is 5.87. The molecule has 0 unspecified atom stereocenters. The van der Waals surface area contributed by atoms with Crippen LogP contribution < -0.4 is 0 Å². The van der Waals surface area contributed by atoms with Gasteiger partial charge in [0.25, 0.3) is 0 Å². The average molecular weight is 261 g/mol. The molecule has 102 valence electrons. The molecule has 1 saturated heterocycles. The van der Waals surface area contributed by atoms with Gasteiger partial charge in [-0.05, 0) is 30.5 Å². The van der Waals surface area contributed by atoms with Crippen LogP contribution >= 0.6 is 0 Å². The van der Waals surface area contributed by atoms with Crippen LogP contribution in [0.1, 0.15) is 48.0 Å². The van der Waals surface area contributed by atoms with Crippen molar-refractivity contribution in [3.8, 4) is 0 Å². The first kappa shape index (κ1) is 13.6. The average Bonchev–Trinajstić information content (AvgIpc) is 2.46. The fraction of sp³-hybridized carbons (Fsp3) is 0.467. The number of benzene rings is 1. The number of carboxylic acid groups (broad SMARTS) is 1. The molecule has 4 heteroatoms. The number of piperidine rings is 1. The molecule has 0 bridgehead atoms. The van der Waals surface area contributed by atoms with E-state index in [1.165, 1.54) is 0 Å². The van der Waals surface area contributed by atoms with Crippen LogP contribution in [0.15, 0.2) is 24.3 Å². The highest BCUT2D eigenvalue weighted by Gasteiger charge is 2.24. The molecule has 0 aliphatic carbocycles. The zero-order valence-electron chi connectivity index (χ0n) is 11.1. The molecule has 1 fully saturated rings. The van der Waals surface area contributed by atoms with Crippen molar-refractivity contribution < 1.29 is 14.7 Å². The van der Waals surface area contributed by atoms with Gasteiger partial charge in [0.1, 0.15) is 0 Å². The van der Waals surface area contributed by atoms with Crippen molar-refractivity contribution in [2.24, 2.45) is 0 Å². The van der Waals surface area contributed by atoms with Crippen LogP contribution in [-0.4, -0.2) is 35.0 Å². The van der Waals surface area contributed by atoms with Crippen molar-refractivity contribution in [3.05, 3.63) is 35.4 Å². The standard InChI is InChI=1S/C15H19NO3/c1-2-14(17)16-8-4-7-13(10-16)11-5-3-6-12(9-11)15(18)19/h3,5-6,9,13H,2,4,7-8,10H2,1H3,(H,18,19)/t13-/m1/s1. The number of rotatable bonds is 3. The third-order valence-corrected chi connectivity index (χ3v) is 3.68. The van der Waals surface area contributed by atoms with Crippen molar-refractivity contribution >= 4 is 11.9 Å². The molecule has 19 heavy (non-hydrogen) atoms. The zero-order valence-corrected chi connectivity index (χ0v) is 11.1. The minimum atomic E-state index is -0.904. The molecule has 1 aromatic rings. The van der Waals surface area contributed by atoms with E-state index in [1.807, 2.05) is 17.9 Å². The number of carbonyl (C=O) groups is 2. The molecule has 1 aliphatic rings. The van der Waals surface area contributed by atoms with Crippen LogP contribution in [0.4, 0.5) is 0 Å². The Morgan fingerprint density at radius 3 is 2.89 bits per heavy atom. The third-order valence-electron chi connectivity index (χ3n) is 3.68. The molecular weight excluding hydrogens is 242 g/mol. The Balaban J connectivity index is 2.15. The predicted octanol–water partition coefficient (Wildman–Crippen LogP) is 2.50. The Labute approximate surface area is 113 Å². The molecule has 0 aromatic heterocycles. The number of carboxylic acids is 1. The van der Waals surface area contributed by atoms with Crippen LogP contribution in [0.2, 0.25) is 0 Å². The van der Waals surface area contributed by atoms with Gasteiger partial charge in [-0.25, -0.2) is 4.79 Å². The van der Waals surface area contributed by atoms with Crippen LogP contribution in [-0.2, 0) is 4.79 Å². The first-order chi connectivity index (χ1) is 9.11. The summed E-state index contributed by atoms with van der Waals surface area (Å²) in [5, 5.41) is 9.02. The van der Waals surface area contributed by atoms with Crippen LogP contribution in [0, 0.1) is 0 Å². The Morgan fingerprint density at radius 2 is 2.21 bits per heavy atom. The van der Waals surface area contributed by atoms with Gasteiger partial charge in [0.15, 0.2) is 0 Å². The maximum Gasteiger partial charge on any atom is 0.335 e. The van der Waals surface area contributed by atoms with Gasteiger partial charge in [0.05, 0.1) is 5.56 Å². The highest BCUT2D eigenvalue weighted by Crippen LogP contribution is 2.27. The third kappa shape index (κ3) is 3.13. The topological polar surface area (TPSA) is 57.6 Å². The lowest BCUT2D eigenvalue weighted by molar-refractivity contribution is -0.132. The normalized spacial score (nSPS) is 19.2. The summed E-state index contributed by atoms with van der Waals surface area (Å²) in [4.78, 5) is 24.6. The van der Waals surface area contributed by atoms with Crippen molar-refractivity contribution in [3.63, 3.8) is 0 Å². The minimum Gasteiger partial charge on any atom is -0.478 e. The summed E-state index contributed by atoms with van der Waals surface area (Å²) in [6.07, 6.45) is 2.52. The van der Waals surface area contributed by atoms with E-state index in [0.717, 1.165) is 24.9 Å². The Kier molecular flexibility index (Phi) is 4.20. The number of amides is 1. The molecule has 2 rings (SSSR count). The molecule has 0 radical (unpaired) electrons. The largest absolute Gasteiger partial charge is 0.478 e. The maximum atomic E-state index is 11.8. The molecular formula is C15H19NO3. The number of carbonyl (C=O) groups excluding carboxylic acids is 1. The molecule has 1 amide bonds. The van der Waals surface area contributed by atoms with Crippen LogP contribution in [0.5, 0.6) is 0 Å². The predicted molar refractivity (Wildman–Crippen MR) is 72.2 cm³/mol. The highest BCUT2D eigenvalue weighted by atomic mass is 16.4. The Bertz CT molecular complexity index is 484. The van der Waals surface area contributed by atoms with Crippen molar-refractivity contribution in [1.29, 1.82) is 0 Å². The van der Waals surface area contributed by atoms with Crippen molar-refractivity contribution in [1.82, 2.24) is 4.90 Å². The fourth-order valence-corrected chi connectivity index (χ4v) is 2.62. The second kappa shape index (κ2) is 5.87.